The van der Waals surface area contributed by atoms with Gasteiger partial charge in [0, 0.05) is 0 Å². The molecule has 0 heterocycles. The average Bonchev–Trinajstić information content (AvgIpc) is 2.45. The number of carbonyl (C=O) groups excluding carboxylic acids is 1. The minimum atomic E-state index is -0.0223. The molecule has 0 radical (unpaired) electrons. The van der Waals surface area contributed by atoms with Crippen LogP contribution in [-0.4, -0.2) is 13.1 Å². The molecule has 1 saturated carbocycles. The standard InChI is InChI=1S/C17H26O2/c1-4-5-6-8-14(2)11-12-15-9-7-10-16(13-15)17(18)19-3/h4-6,8,15-16H,1,7,9-13H2,2-3H3/b6-5-,14-8+/t15?,16-/m1/s1. The Hall–Kier alpha value is -1.31. The summed E-state index contributed by atoms with van der Waals surface area (Å²) in [6.45, 7) is 5.81. The first kappa shape index (κ1) is 15.7. The molecule has 106 valence electrons. The Morgan fingerprint density at radius 2 is 2.16 bits per heavy atom. The van der Waals surface area contributed by atoms with E-state index in [-0.39, 0.29) is 11.9 Å². The van der Waals surface area contributed by atoms with Crippen molar-refractivity contribution >= 4 is 5.97 Å². The lowest BCUT2D eigenvalue weighted by molar-refractivity contribution is -0.147. The number of allylic oxidation sites excluding steroid dienone is 5. The first-order valence-electron chi connectivity index (χ1n) is 7.20. The van der Waals surface area contributed by atoms with Crippen molar-refractivity contribution in [3.63, 3.8) is 0 Å². The van der Waals surface area contributed by atoms with E-state index >= 15 is 0 Å². The fourth-order valence-corrected chi connectivity index (χ4v) is 2.75. The second-order valence-corrected chi connectivity index (χ2v) is 5.43. The molecule has 1 aliphatic rings. The third-order valence-electron chi connectivity index (χ3n) is 3.89. The molecule has 1 fully saturated rings. The van der Waals surface area contributed by atoms with Crippen molar-refractivity contribution in [3.05, 3.63) is 36.5 Å². The van der Waals surface area contributed by atoms with Crippen molar-refractivity contribution in [2.24, 2.45) is 11.8 Å². The van der Waals surface area contributed by atoms with Crippen LogP contribution in [0.1, 0.15) is 45.4 Å². The normalized spacial score (nSPS) is 24.4. The van der Waals surface area contributed by atoms with Crippen molar-refractivity contribution in [1.82, 2.24) is 0 Å². The lowest BCUT2D eigenvalue weighted by Crippen LogP contribution is -2.24. The maximum atomic E-state index is 11.6. The molecule has 0 aromatic rings. The number of esters is 1. The number of methoxy groups -OCH3 is 1. The van der Waals surface area contributed by atoms with E-state index in [0.717, 1.165) is 25.7 Å². The van der Waals surface area contributed by atoms with E-state index in [1.807, 2.05) is 12.2 Å². The van der Waals surface area contributed by atoms with E-state index in [1.54, 1.807) is 6.08 Å². The van der Waals surface area contributed by atoms with Gasteiger partial charge in [0.1, 0.15) is 0 Å². The van der Waals surface area contributed by atoms with E-state index in [2.05, 4.69) is 19.6 Å². The molecule has 0 amide bonds. The maximum absolute atomic E-state index is 11.6. The fraction of sp³-hybridized carbons (Fsp3) is 0.588. The Morgan fingerprint density at radius 3 is 2.84 bits per heavy atom. The number of hydrogen-bond donors (Lipinski definition) is 0. The van der Waals surface area contributed by atoms with Crippen LogP contribution in [0.25, 0.3) is 0 Å². The zero-order chi connectivity index (χ0) is 14.1. The van der Waals surface area contributed by atoms with Gasteiger partial charge in [-0.3, -0.25) is 4.79 Å². The third kappa shape index (κ3) is 5.91. The van der Waals surface area contributed by atoms with Gasteiger partial charge in [0.25, 0.3) is 0 Å². The topological polar surface area (TPSA) is 26.3 Å². The molecule has 0 aromatic carbocycles. The third-order valence-corrected chi connectivity index (χ3v) is 3.89. The summed E-state index contributed by atoms with van der Waals surface area (Å²) in [5.74, 6) is 0.782. The quantitative estimate of drug-likeness (QED) is 0.522. The Bertz CT molecular complexity index is 352. The molecule has 1 unspecified atom stereocenters. The van der Waals surface area contributed by atoms with Crippen LogP contribution in [-0.2, 0) is 9.53 Å². The smallest absolute Gasteiger partial charge is 0.308 e. The van der Waals surface area contributed by atoms with Gasteiger partial charge < -0.3 is 4.74 Å². The van der Waals surface area contributed by atoms with Crippen LogP contribution in [0, 0.1) is 11.8 Å². The van der Waals surface area contributed by atoms with Gasteiger partial charge in [-0.05, 0) is 38.5 Å². The fourth-order valence-electron chi connectivity index (χ4n) is 2.75. The van der Waals surface area contributed by atoms with E-state index in [4.69, 9.17) is 4.74 Å². The molecular formula is C17H26O2. The van der Waals surface area contributed by atoms with E-state index < -0.39 is 0 Å². The molecule has 0 saturated heterocycles. The van der Waals surface area contributed by atoms with Gasteiger partial charge in [-0.2, -0.15) is 0 Å². The molecule has 2 nitrogen and oxygen atoms in total. The second kappa shape index (κ2) is 8.73. The Kier molecular flexibility index (Phi) is 7.24. The van der Waals surface area contributed by atoms with Gasteiger partial charge in [0.05, 0.1) is 13.0 Å². The average molecular weight is 262 g/mol. The zero-order valence-corrected chi connectivity index (χ0v) is 12.2. The highest BCUT2D eigenvalue weighted by Gasteiger charge is 2.27. The van der Waals surface area contributed by atoms with Crippen LogP contribution < -0.4 is 0 Å². The first-order valence-corrected chi connectivity index (χ1v) is 7.20. The molecular weight excluding hydrogens is 236 g/mol. The van der Waals surface area contributed by atoms with Crippen molar-refractivity contribution in [2.45, 2.75) is 45.4 Å². The summed E-state index contributed by atoms with van der Waals surface area (Å²) in [6.07, 6.45) is 14.6. The van der Waals surface area contributed by atoms with Gasteiger partial charge in [0.15, 0.2) is 0 Å². The van der Waals surface area contributed by atoms with Crippen LogP contribution in [0.5, 0.6) is 0 Å². The maximum Gasteiger partial charge on any atom is 0.308 e. The van der Waals surface area contributed by atoms with Crippen molar-refractivity contribution in [2.75, 3.05) is 7.11 Å². The highest BCUT2D eigenvalue weighted by molar-refractivity contribution is 5.72. The van der Waals surface area contributed by atoms with Gasteiger partial charge in [-0.15, -0.1) is 0 Å². The van der Waals surface area contributed by atoms with Crippen LogP contribution in [0.4, 0.5) is 0 Å². The van der Waals surface area contributed by atoms with Gasteiger partial charge in [0.2, 0.25) is 0 Å². The molecule has 0 N–H and O–H groups in total. The molecule has 19 heavy (non-hydrogen) atoms. The summed E-state index contributed by atoms with van der Waals surface area (Å²) < 4.78 is 4.86. The number of rotatable bonds is 6. The largest absolute Gasteiger partial charge is 0.469 e. The Labute approximate surface area is 117 Å². The predicted molar refractivity (Wildman–Crippen MR) is 79.8 cm³/mol. The molecule has 0 bridgehead atoms. The molecule has 1 rings (SSSR count). The summed E-state index contributed by atoms with van der Waals surface area (Å²) in [7, 11) is 1.49. The van der Waals surface area contributed by atoms with Gasteiger partial charge in [-0.1, -0.05) is 49.3 Å². The summed E-state index contributed by atoms with van der Waals surface area (Å²) in [6, 6.07) is 0. The van der Waals surface area contributed by atoms with Crippen LogP contribution in [0.3, 0.4) is 0 Å². The molecule has 0 spiro atoms. The predicted octanol–water partition coefficient (Wildman–Crippen LogP) is 4.43. The Morgan fingerprint density at radius 1 is 1.37 bits per heavy atom. The number of ether oxygens (including phenoxy) is 1. The highest BCUT2D eigenvalue weighted by atomic mass is 16.5. The lowest BCUT2D eigenvalue weighted by Gasteiger charge is -2.27. The number of carbonyl (C=O) groups is 1. The minimum Gasteiger partial charge on any atom is -0.469 e. The molecule has 1 aliphatic carbocycles. The minimum absolute atomic E-state index is 0.0223. The van der Waals surface area contributed by atoms with E-state index in [9.17, 15) is 4.79 Å². The van der Waals surface area contributed by atoms with Crippen LogP contribution >= 0.6 is 0 Å². The molecule has 2 atom stereocenters. The molecule has 0 aromatic heterocycles. The second-order valence-electron chi connectivity index (χ2n) is 5.43. The van der Waals surface area contributed by atoms with Crippen molar-refractivity contribution in [1.29, 1.82) is 0 Å². The first-order chi connectivity index (χ1) is 9.17. The SMILES string of the molecule is C=C/C=C\C=C(/C)CCC1CCC[C@@H](C(=O)OC)C1. The van der Waals surface area contributed by atoms with Gasteiger partial charge >= 0.3 is 5.97 Å². The van der Waals surface area contributed by atoms with Crippen molar-refractivity contribution in [3.8, 4) is 0 Å². The lowest BCUT2D eigenvalue weighted by atomic mass is 9.79. The van der Waals surface area contributed by atoms with E-state index in [0.29, 0.717) is 5.92 Å². The summed E-state index contributed by atoms with van der Waals surface area (Å²) >= 11 is 0. The van der Waals surface area contributed by atoms with Crippen LogP contribution in [0.15, 0.2) is 36.5 Å². The summed E-state index contributed by atoms with van der Waals surface area (Å²) in [5, 5.41) is 0. The highest BCUT2D eigenvalue weighted by Crippen LogP contribution is 2.33. The summed E-state index contributed by atoms with van der Waals surface area (Å²) in [5.41, 5.74) is 1.39. The van der Waals surface area contributed by atoms with Crippen LogP contribution in [0.2, 0.25) is 0 Å². The molecule has 2 heteroatoms. The van der Waals surface area contributed by atoms with Crippen molar-refractivity contribution < 1.29 is 9.53 Å². The number of hydrogen-bond acceptors (Lipinski definition) is 2. The zero-order valence-electron chi connectivity index (χ0n) is 12.2. The Balaban J connectivity index is 2.36. The molecule has 0 aliphatic heterocycles. The summed E-state index contributed by atoms with van der Waals surface area (Å²) in [4.78, 5) is 11.6. The van der Waals surface area contributed by atoms with E-state index in [1.165, 1.54) is 25.5 Å². The monoisotopic (exact) mass is 262 g/mol. The van der Waals surface area contributed by atoms with Gasteiger partial charge in [-0.25, -0.2) is 0 Å².